The Morgan fingerprint density at radius 1 is 1.18 bits per heavy atom. The number of hydrogen-bond acceptors (Lipinski definition) is 7. The van der Waals surface area contributed by atoms with E-state index in [2.05, 4.69) is 51.7 Å². The third-order valence-electron chi connectivity index (χ3n) is 4.68. The largest absolute Gasteiger partial charge is 0.476 e. The van der Waals surface area contributed by atoms with E-state index in [1.54, 1.807) is 6.21 Å². The van der Waals surface area contributed by atoms with Crippen molar-refractivity contribution in [2.45, 2.75) is 13.8 Å². The van der Waals surface area contributed by atoms with Gasteiger partial charge in [0.15, 0.2) is 0 Å². The van der Waals surface area contributed by atoms with E-state index in [0.717, 1.165) is 49.9 Å². The van der Waals surface area contributed by atoms with Crippen molar-refractivity contribution >= 4 is 17.6 Å². The molecule has 2 aromatic rings. The van der Waals surface area contributed by atoms with Gasteiger partial charge >= 0.3 is 0 Å². The second-order valence-corrected chi connectivity index (χ2v) is 6.81. The van der Waals surface area contributed by atoms with Gasteiger partial charge in [-0.1, -0.05) is 6.07 Å². The molecule has 0 bridgehead atoms. The van der Waals surface area contributed by atoms with Gasteiger partial charge in [0.25, 0.3) is 0 Å². The molecule has 2 heterocycles. The van der Waals surface area contributed by atoms with Crippen LogP contribution in [0.25, 0.3) is 0 Å². The first-order valence-electron chi connectivity index (χ1n) is 9.64. The van der Waals surface area contributed by atoms with E-state index in [0.29, 0.717) is 12.5 Å². The van der Waals surface area contributed by atoms with E-state index in [4.69, 9.17) is 9.47 Å². The van der Waals surface area contributed by atoms with Gasteiger partial charge in [0.1, 0.15) is 6.61 Å². The zero-order valence-corrected chi connectivity index (χ0v) is 16.9. The van der Waals surface area contributed by atoms with Crippen LogP contribution in [0, 0.1) is 13.8 Å². The van der Waals surface area contributed by atoms with Gasteiger partial charge in [-0.05, 0) is 50.2 Å². The van der Waals surface area contributed by atoms with Crippen molar-refractivity contribution in [2.24, 2.45) is 5.10 Å². The number of aryl methyl sites for hydroxylation is 2. The van der Waals surface area contributed by atoms with Crippen LogP contribution < -0.4 is 20.4 Å². The monoisotopic (exact) mass is 383 g/mol. The second kappa shape index (κ2) is 10.1. The fourth-order valence-corrected chi connectivity index (χ4v) is 2.90. The lowest BCUT2D eigenvalue weighted by atomic mass is 10.1. The molecule has 3 rings (SSSR count). The third kappa shape index (κ3) is 5.68. The smallest absolute Gasteiger partial charge is 0.215 e. The lowest BCUT2D eigenvalue weighted by molar-refractivity contribution is 0.122. The van der Waals surface area contributed by atoms with Gasteiger partial charge in [0, 0.05) is 31.4 Å². The zero-order valence-electron chi connectivity index (χ0n) is 16.9. The van der Waals surface area contributed by atoms with Crippen LogP contribution in [0.1, 0.15) is 16.8 Å². The molecule has 0 aliphatic carbocycles. The summed E-state index contributed by atoms with van der Waals surface area (Å²) in [6, 6.07) is 10.2. The number of benzene rings is 1. The van der Waals surface area contributed by atoms with Crippen LogP contribution >= 0.6 is 0 Å². The number of likely N-dealkylation sites (N-methyl/N-ethyl adjacent to an activating group) is 1. The first-order chi connectivity index (χ1) is 13.7. The summed E-state index contributed by atoms with van der Waals surface area (Å²) < 4.78 is 11.3. The van der Waals surface area contributed by atoms with Crippen molar-refractivity contribution in [3.63, 3.8) is 0 Å². The summed E-state index contributed by atoms with van der Waals surface area (Å²) in [6.45, 7) is 8.70. The highest BCUT2D eigenvalue weighted by atomic mass is 16.5. The average Bonchev–Trinajstić information content (AvgIpc) is 2.71. The molecule has 0 spiro atoms. The van der Waals surface area contributed by atoms with Crippen LogP contribution in [-0.2, 0) is 4.74 Å². The number of aromatic nitrogens is 1. The first kappa shape index (κ1) is 20.1. The van der Waals surface area contributed by atoms with E-state index in [1.807, 2.05) is 25.2 Å². The number of morpholine rings is 1. The van der Waals surface area contributed by atoms with Crippen molar-refractivity contribution in [1.82, 2.24) is 10.3 Å². The highest BCUT2D eigenvalue weighted by Gasteiger charge is 2.13. The lowest BCUT2D eigenvalue weighted by Gasteiger charge is -2.29. The number of pyridine rings is 1. The molecule has 0 unspecified atom stereocenters. The van der Waals surface area contributed by atoms with Gasteiger partial charge in [0.2, 0.25) is 5.88 Å². The number of rotatable bonds is 8. The highest BCUT2D eigenvalue weighted by molar-refractivity contribution is 5.80. The van der Waals surface area contributed by atoms with Gasteiger partial charge in [-0.3, -0.25) is 5.43 Å². The number of hydrazone groups is 1. The molecule has 1 aliphatic heterocycles. The quantitative estimate of drug-likeness (QED) is 0.415. The Morgan fingerprint density at radius 3 is 2.75 bits per heavy atom. The highest BCUT2D eigenvalue weighted by Crippen LogP contribution is 2.22. The standard InChI is InChI=1S/C21H29N5O2/c1-16-4-5-18(12-17(16)2)25-23-15-19-13-20(26-7-10-27-11-8-26)14-21(24-19)28-9-6-22-3/h4-5,12-15,22,25H,6-11H2,1-3H3/b23-15+. The molecule has 0 radical (unpaired) electrons. The van der Waals surface area contributed by atoms with Crippen LogP contribution in [0.4, 0.5) is 11.4 Å². The molecule has 0 saturated carbocycles. The van der Waals surface area contributed by atoms with E-state index in [9.17, 15) is 0 Å². The summed E-state index contributed by atoms with van der Waals surface area (Å²) in [6.07, 6.45) is 1.73. The number of nitrogens with one attached hydrogen (secondary N) is 2. The first-order valence-corrected chi connectivity index (χ1v) is 9.64. The normalized spacial score (nSPS) is 14.5. The van der Waals surface area contributed by atoms with E-state index in [-0.39, 0.29) is 0 Å². The van der Waals surface area contributed by atoms with E-state index in [1.165, 1.54) is 11.1 Å². The van der Waals surface area contributed by atoms with Crippen LogP contribution in [-0.4, -0.2) is 57.7 Å². The van der Waals surface area contributed by atoms with Crippen LogP contribution in [0.3, 0.4) is 0 Å². The topological polar surface area (TPSA) is 71.0 Å². The van der Waals surface area contributed by atoms with Gasteiger partial charge < -0.3 is 19.7 Å². The number of hydrogen-bond donors (Lipinski definition) is 2. The summed E-state index contributed by atoms with van der Waals surface area (Å²) in [4.78, 5) is 6.85. The van der Waals surface area contributed by atoms with Crippen molar-refractivity contribution < 1.29 is 9.47 Å². The molecule has 0 amide bonds. The summed E-state index contributed by atoms with van der Waals surface area (Å²) in [7, 11) is 1.90. The molecule has 7 heteroatoms. The number of anilines is 2. The molecule has 150 valence electrons. The Morgan fingerprint density at radius 2 is 2.00 bits per heavy atom. The van der Waals surface area contributed by atoms with Gasteiger partial charge in [-0.25, -0.2) is 4.98 Å². The van der Waals surface area contributed by atoms with Crippen molar-refractivity contribution in [3.05, 3.63) is 47.2 Å². The Labute approximate surface area is 166 Å². The van der Waals surface area contributed by atoms with Crippen LogP contribution in [0.5, 0.6) is 5.88 Å². The summed E-state index contributed by atoms with van der Waals surface area (Å²) in [5.41, 5.74) is 8.35. The predicted molar refractivity (Wildman–Crippen MR) is 114 cm³/mol. The Kier molecular flexibility index (Phi) is 7.22. The van der Waals surface area contributed by atoms with Gasteiger partial charge in [0.05, 0.1) is 30.8 Å². The van der Waals surface area contributed by atoms with E-state index >= 15 is 0 Å². The molecule has 1 saturated heterocycles. The number of nitrogens with zero attached hydrogens (tertiary/aromatic N) is 3. The van der Waals surface area contributed by atoms with Crippen LogP contribution in [0.2, 0.25) is 0 Å². The van der Waals surface area contributed by atoms with Crippen molar-refractivity contribution in [2.75, 3.05) is 56.8 Å². The maximum Gasteiger partial charge on any atom is 0.215 e. The minimum absolute atomic E-state index is 0.563. The fourth-order valence-electron chi connectivity index (χ4n) is 2.90. The number of ether oxygens (including phenoxy) is 2. The summed E-state index contributed by atoms with van der Waals surface area (Å²) in [5.74, 6) is 0.604. The van der Waals surface area contributed by atoms with Gasteiger partial charge in [-0.15, -0.1) is 0 Å². The Bertz CT molecular complexity index is 803. The minimum Gasteiger partial charge on any atom is -0.476 e. The SMILES string of the molecule is CNCCOc1cc(N2CCOCC2)cc(/C=N/Nc2ccc(C)c(C)c2)n1. The van der Waals surface area contributed by atoms with E-state index < -0.39 is 0 Å². The van der Waals surface area contributed by atoms with Crippen molar-refractivity contribution in [1.29, 1.82) is 0 Å². The van der Waals surface area contributed by atoms with Crippen LogP contribution in [0.15, 0.2) is 35.4 Å². The fraction of sp³-hybridized carbons (Fsp3) is 0.429. The second-order valence-electron chi connectivity index (χ2n) is 6.81. The molecule has 28 heavy (non-hydrogen) atoms. The molecular weight excluding hydrogens is 354 g/mol. The molecule has 2 N–H and O–H groups in total. The summed E-state index contributed by atoms with van der Waals surface area (Å²) >= 11 is 0. The molecule has 1 aromatic carbocycles. The zero-order chi connectivity index (χ0) is 19.8. The molecule has 1 aromatic heterocycles. The average molecular weight is 383 g/mol. The molecule has 1 fully saturated rings. The summed E-state index contributed by atoms with van der Waals surface area (Å²) in [5, 5.41) is 7.43. The maximum absolute atomic E-state index is 5.80. The van der Waals surface area contributed by atoms with Gasteiger partial charge in [-0.2, -0.15) is 5.10 Å². The maximum atomic E-state index is 5.80. The molecule has 1 aliphatic rings. The lowest BCUT2D eigenvalue weighted by Crippen LogP contribution is -2.36. The predicted octanol–water partition coefficient (Wildman–Crippen LogP) is 2.58. The van der Waals surface area contributed by atoms with Crippen molar-refractivity contribution in [3.8, 4) is 5.88 Å². The minimum atomic E-state index is 0.563. The Hall–Kier alpha value is -2.64. The Balaban J connectivity index is 1.75. The molecule has 7 nitrogen and oxygen atoms in total. The molecule has 0 atom stereocenters. The molecular formula is C21H29N5O2. The third-order valence-corrected chi connectivity index (χ3v) is 4.68.